The molecule has 4 heteroatoms. The molecule has 0 amide bonds. The third-order valence-corrected chi connectivity index (χ3v) is 5.31. The topological polar surface area (TPSA) is 28.2 Å². The Balaban J connectivity index is 1.59. The molecule has 100 valence electrons. The standard InChI is InChI=1S/C14H23N3S/c1-10(14-15-5-6-18-14)8-17-9-13(12-3-4-12)16-7-11(17)2/h5-6,10-13,16H,3-4,7-9H2,1-2H3. The number of piperazine rings is 1. The van der Waals surface area contributed by atoms with Crippen molar-refractivity contribution in [1.29, 1.82) is 0 Å². The van der Waals surface area contributed by atoms with Gasteiger partial charge in [0.2, 0.25) is 0 Å². The van der Waals surface area contributed by atoms with Crippen LogP contribution in [0.3, 0.4) is 0 Å². The van der Waals surface area contributed by atoms with Crippen LogP contribution in [0.1, 0.15) is 37.6 Å². The summed E-state index contributed by atoms with van der Waals surface area (Å²) in [5.74, 6) is 1.51. The Morgan fingerprint density at radius 3 is 3.06 bits per heavy atom. The van der Waals surface area contributed by atoms with Gasteiger partial charge in [-0.3, -0.25) is 4.90 Å². The second-order valence-corrected chi connectivity index (χ2v) is 6.85. The van der Waals surface area contributed by atoms with E-state index in [0.29, 0.717) is 12.0 Å². The molecule has 18 heavy (non-hydrogen) atoms. The lowest BCUT2D eigenvalue weighted by molar-refractivity contribution is 0.126. The Kier molecular flexibility index (Phi) is 3.68. The molecule has 1 aliphatic carbocycles. The van der Waals surface area contributed by atoms with Gasteiger partial charge < -0.3 is 5.32 Å². The minimum Gasteiger partial charge on any atom is -0.311 e. The normalized spacial score (nSPS) is 31.4. The van der Waals surface area contributed by atoms with Crippen LogP contribution in [0.4, 0.5) is 0 Å². The fourth-order valence-electron chi connectivity index (χ4n) is 2.92. The third kappa shape index (κ3) is 2.76. The summed E-state index contributed by atoms with van der Waals surface area (Å²) >= 11 is 1.79. The van der Waals surface area contributed by atoms with Crippen molar-refractivity contribution < 1.29 is 0 Å². The van der Waals surface area contributed by atoms with E-state index in [-0.39, 0.29) is 0 Å². The van der Waals surface area contributed by atoms with Gasteiger partial charge in [0.15, 0.2) is 0 Å². The molecule has 1 saturated carbocycles. The van der Waals surface area contributed by atoms with Gasteiger partial charge in [0.05, 0.1) is 5.01 Å². The van der Waals surface area contributed by atoms with E-state index in [1.54, 1.807) is 11.3 Å². The van der Waals surface area contributed by atoms with Gasteiger partial charge in [-0.15, -0.1) is 11.3 Å². The maximum atomic E-state index is 4.45. The highest BCUT2D eigenvalue weighted by Crippen LogP contribution is 2.34. The number of aromatic nitrogens is 1. The van der Waals surface area contributed by atoms with E-state index in [2.05, 4.69) is 34.4 Å². The highest BCUT2D eigenvalue weighted by Gasteiger charge is 2.36. The Bertz CT molecular complexity index is 374. The Hall–Kier alpha value is -0.450. The average molecular weight is 265 g/mol. The van der Waals surface area contributed by atoms with Crippen LogP contribution in [0, 0.1) is 5.92 Å². The molecule has 2 fully saturated rings. The molecule has 1 aromatic rings. The highest BCUT2D eigenvalue weighted by atomic mass is 32.1. The van der Waals surface area contributed by atoms with Gasteiger partial charge in [0.25, 0.3) is 0 Å². The monoisotopic (exact) mass is 265 g/mol. The van der Waals surface area contributed by atoms with Gasteiger partial charge in [-0.05, 0) is 25.7 Å². The maximum absolute atomic E-state index is 4.45. The Morgan fingerprint density at radius 2 is 2.39 bits per heavy atom. The molecule has 0 radical (unpaired) electrons. The summed E-state index contributed by atoms with van der Waals surface area (Å²) in [5.41, 5.74) is 0. The van der Waals surface area contributed by atoms with Crippen LogP contribution in [0.15, 0.2) is 11.6 Å². The lowest BCUT2D eigenvalue weighted by Crippen LogP contribution is -2.56. The number of hydrogen-bond acceptors (Lipinski definition) is 4. The molecule has 3 rings (SSSR count). The molecule has 3 nitrogen and oxygen atoms in total. The van der Waals surface area contributed by atoms with Crippen LogP contribution in [-0.2, 0) is 0 Å². The summed E-state index contributed by atoms with van der Waals surface area (Å²) < 4.78 is 0. The molecule has 0 spiro atoms. The summed E-state index contributed by atoms with van der Waals surface area (Å²) in [4.78, 5) is 7.11. The summed E-state index contributed by atoms with van der Waals surface area (Å²) in [6.07, 6.45) is 4.79. The molecule has 1 N–H and O–H groups in total. The minimum atomic E-state index is 0.561. The lowest BCUT2D eigenvalue weighted by atomic mass is 10.0. The first kappa shape index (κ1) is 12.6. The van der Waals surface area contributed by atoms with Crippen molar-refractivity contribution >= 4 is 11.3 Å². The first-order valence-corrected chi connectivity index (χ1v) is 7.99. The van der Waals surface area contributed by atoms with Crippen molar-refractivity contribution in [2.45, 2.75) is 44.7 Å². The van der Waals surface area contributed by atoms with E-state index >= 15 is 0 Å². The SMILES string of the molecule is CC(CN1CC(C2CC2)NCC1C)c1nccs1. The van der Waals surface area contributed by atoms with Crippen LogP contribution in [0.25, 0.3) is 0 Å². The fourth-order valence-corrected chi connectivity index (χ4v) is 3.61. The van der Waals surface area contributed by atoms with Crippen LogP contribution < -0.4 is 5.32 Å². The first-order valence-electron chi connectivity index (χ1n) is 7.11. The van der Waals surface area contributed by atoms with E-state index in [1.165, 1.54) is 24.4 Å². The zero-order chi connectivity index (χ0) is 12.5. The molecule has 3 unspecified atom stereocenters. The maximum Gasteiger partial charge on any atom is 0.0965 e. The molecule has 2 aliphatic rings. The summed E-state index contributed by atoms with van der Waals surface area (Å²) in [7, 11) is 0. The average Bonchev–Trinajstić information content (AvgIpc) is 3.06. The van der Waals surface area contributed by atoms with Gasteiger partial charge >= 0.3 is 0 Å². The van der Waals surface area contributed by atoms with Gasteiger partial charge in [-0.25, -0.2) is 4.98 Å². The second-order valence-electron chi connectivity index (χ2n) is 5.93. The number of hydrogen-bond donors (Lipinski definition) is 1. The Labute approximate surface area is 114 Å². The molecule has 0 aromatic carbocycles. The van der Waals surface area contributed by atoms with Crippen molar-refractivity contribution in [3.05, 3.63) is 16.6 Å². The first-order chi connectivity index (χ1) is 8.74. The smallest absolute Gasteiger partial charge is 0.0965 e. The molecule has 1 aromatic heterocycles. The van der Waals surface area contributed by atoms with E-state index in [4.69, 9.17) is 0 Å². The number of rotatable bonds is 4. The van der Waals surface area contributed by atoms with Crippen LogP contribution in [-0.4, -0.2) is 41.6 Å². The summed E-state index contributed by atoms with van der Waals surface area (Å²) in [6.45, 7) is 8.16. The van der Waals surface area contributed by atoms with Gasteiger partial charge in [0.1, 0.15) is 0 Å². The van der Waals surface area contributed by atoms with Gasteiger partial charge in [0, 0.05) is 49.2 Å². The van der Waals surface area contributed by atoms with E-state index in [1.807, 2.05) is 6.20 Å². The fraction of sp³-hybridized carbons (Fsp3) is 0.786. The zero-order valence-corrected chi connectivity index (χ0v) is 12.1. The van der Waals surface area contributed by atoms with Crippen molar-refractivity contribution in [3.63, 3.8) is 0 Å². The molecule has 3 atom stereocenters. The molecule has 0 bridgehead atoms. The van der Waals surface area contributed by atoms with Gasteiger partial charge in [-0.2, -0.15) is 0 Å². The van der Waals surface area contributed by atoms with E-state index in [0.717, 1.165) is 25.0 Å². The predicted octanol–water partition coefficient (Wildman–Crippen LogP) is 2.32. The van der Waals surface area contributed by atoms with Crippen LogP contribution >= 0.6 is 11.3 Å². The number of nitrogens with zero attached hydrogens (tertiary/aromatic N) is 2. The third-order valence-electron chi connectivity index (χ3n) is 4.30. The lowest BCUT2D eigenvalue weighted by Gasteiger charge is -2.40. The minimum absolute atomic E-state index is 0.561. The molecular formula is C14H23N3S. The Morgan fingerprint density at radius 1 is 1.56 bits per heavy atom. The quantitative estimate of drug-likeness (QED) is 0.905. The van der Waals surface area contributed by atoms with Crippen molar-refractivity contribution in [2.24, 2.45) is 5.92 Å². The molecular weight excluding hydrogens is 242 g/mol. The molecule has 1 saturated heterocycles. The van der Waals surface area contributed by atoms with Crippen LogP contribution in [0.5, 0.6) is 0 Å². The molecule has 2 heterocycles. The largest absolute Gasteiger partial charge is 0.311 e. The van der Waals surface area contributed by atoms with Crippen molar-refractivity contribution in [3.8, 4) is 0 Å². The summed E-state index contributed by atoms with van der Waals surface area (Å²) in [5, 5.41) is 7.08. The van der Waals surface area contributed by atoms with E-state index in [9.17, 15) is 0 Å². The zero-order valence-electron chi connectivity index (χ0n) is 11.3. The number of thiazole rings is 1. The number of nitrogens with one attached hydrogen (secondary N) is 1. The van der Waals surface area contributed by atoms with Crippen molar-refractivity contribution in [2.75, 3.05) is 19.6 Å². The van der Waals surface area contributed by atoms with E-state index < -0.39 is 0 Å². The van der Waals surface area contributed by atoms with Crippen LogP contribution in [0.2, 0.25) is 0 Å². The predicted molar refractivity (Wildman–Crippen MR) is 76.1 cm³/mol. The molecule has 1 aliphatic heterocycles. The highest BCUT2D eigenvalue weighted by molar-refractivity contribution is 7.09. The second kappa shape index (κ2) is 5.27. The van der Waals surface area contributed by atoms with Crippen molar-refractivity contribution in [1.82, 2.24) is 15.2 Å². The summed E-state index contributed by atoms with van der Waals surface area (Å²) in [6, 6.07) is 1.40. The van der Waals surface area contributed by atoms with Gasteiger partial charge in [-0.1, -0.05) is 6.92 Å².